The average molecular weight is 289 g/mol. The summed E-state index contributed by atoms with van der Waals surface area (Å²) in [6.07, 6.45) is 6.06. The fourth-order valence-electron chi connectivity index (χ4n) is 3.08. The topological polar surface area (TPSA) is 41.5 Å². The van der Waals surface area contributed by atoms with E-state index in [4.69, 9.17) is 4.52 Å². The average Bonchev–Trinajstić information content (AvgIpc) is 2.28. The summed E-state index contributed by atoms with van der Waals surface area (Å²) >= 11 is 0. The van der Waals surface area contributed by atoms with E-state index < -0.39 is 8.53 Å². The molecule has 0 amide bonds. The molecule has 4 heteroatoms. The van der Waals surface area contributed by atoms with Crippen molar-refractivity contribution in [1.82, 2.24) is 5.09 Å². The fraction of sp³-hybridized carbons (Fsp3) is 1.00. The van der Waals surface area contributed by atoms with Gasteiger partial charge in [-0.1, -0.05) is 40.5 Å². The molecule has 3 nitrogen and oxygen atoms in total. The monoisotopic (exact) mass is 289 g/mol. The summed E-state index contributed by atoms with van der Waals surface area (Å²) in [4.78, 5) is 10.1. The van der Waals surface area contributed by atoms with Crippen LogP contribution in [-0.2, 0) is 4.52 Å². The van der Waals surface area contributed by atoms with Crippen LogP contribution >= 0.6 is 8.53 Å². The summed E-state index contributed by atoms with van der Waals surface area (Å²) in [7, 11) is -1.47. The van der Waals surface area contributed by atoms with Crippen LogP contribution in [0.1, 0.15) is 66.7 Å². The van der Waals surface area contributed by atoms with Crippen LogP contribution in [0, 0.1) is 17.8 Å². The Morgan fingerprint density at radius 1 is 1.32 bits per heavy atom. The fourth-order valence-corrected chi connectivity index (χ4v) is 4.15. The van der Waals surface area contributed by atoms with Crippen LogP contribution in [0.3, 0.4) is 0 Å². The lowest BCUT2D eigenvalue weighted by Gasteiger charge is -2.38. The summed E-state index contributed by atoms with van der Waals surface area (Å²) in [5.41, 5.74) is 0. The first-order chi connectivity index (χ1) is 8.93. The van der Waals surface area contributed by atoms with E-state index in [0.717, 1.165) is 25.2 Å². The zero-order valence-corrected chi connectivity index (χ0v) is 14.1. The minimum Gasteiger partial charge on any atom is -0.338 e. The van der Waals surface area contributed by atoms with Crippen molar-refractivity contribution in [3.8, 4) is 0 Å². The molecule has 0 aromatic carbocycles. The molecule has 114 valence electrons. The van der Waals surface area contributed by atoms with Crippen molar-refractivity contribution in [2.75, 3.05) is 0 Å². The minimum atomic E-state index is -1.47. The van der Waals surface area contributed by atoms with E-state index in [1.807, 2.05) is 0 Å². The molecule has 1 fully saturated rings. The van der Waals surface area contributed by atoms with Gasteiger partial charge < -0.3 is 9.42 Å². The second-order valence-electron chi connectivity index (χ2n) is 6.56. The molecule has 0 radical (unpaired) electrons. The quantitative estimate of drug-likeness (QED) is 0.680. The van der Waals surface area contributed by atoms with Gasteiger partial charge in [0.15, 0.2) is 0 Å². The molecule has 19 heavy (non-hydrogen) atoms. The van der Waals surface area contributed by atoms with Crippen molar-refractivity contribution in [1.29, 1.82) is 0 Å². The van der Waals surface area contributed by atoms with Gasteiger partial charge in [-0.05, 0) is 43.9 Å². The van der Waals surface area contributed by atoms with E-state index in [1.54, 1.807) is 0 Å². The normalized spacial score (nSPS) is 31.4. The first-order valence-corrected chi connectivity index (χ1v) is 9.07. The van der Waals surface area contributed by atoms with E-state index in [1.165, 1.54) is 12.8 Å². The lowest BCUT2D eigenvalue weighted by molar-refractivity contribution is 0.0454. The molecule has 1 saturated carbocycles. The van der Waals surface area contributed by atoms with Crippen LogP contribution in [0.4, 0.5) is 0 Å². The molecular weight excluding hydrogens is 257 g/mol. The predicted molar refractivity (Wildman–Crippen MR) is 82.9 cm³/mol. The number of rotatable bonds is 7. The van der Waals surface area contributed by atoms with Gasteiger partial charge in [0.2, 0.25) is 0 Å². The molecule has 0 aromatic heterocycles. The molecule has 0 aliphatic heterocycles. The molecule has 1 unspecified atom stereocenters. The molecule has 0 spiro atoms. The van der Waals surface area contributed by atoms with Crippen LogP contribution < -0.4 is 5.09 Å². The highest BCUT2D eigenvalue weighted by molar-refractivity contribution is 7.43. The van der Waals surface area contributed by atoms with E-state index in [-0.39, 0.29) is 6.10 Å². The Morgan fingerprint density at radius 3 is 2.58 bits per heavy atom. The predicted octanol–water partition coefficient (Wildman–Crippen LogP) is 4.46. The van der Waals surface area contributed by atoms with Gasteiger partial charge in [-0.25, -0.2) is 5.09 Å². The maximum absolute atomic E-state index is 10.1. The van der Waals surface area contributed by atoms with Crippen LogP contribution in [-0.4, -0.2) is 17.0 Å². The van der Waals surface area contributed by atoms with Gasteiger partial charge in [0.1, 0.15) is 0 Å². The highest BCUT2D eigenvalue weighted by Gasteiger charge is 2.33. The lowest BCUT2D eigenvalue weighted by Crippen LogP contribution is -2.34. The second-order valence-corrected chi connectivity index (χ2v) is 7.58. The number of nitrogens with one attached hydrogen (secondary N) is 1. The van der Waals surface area contributed by atoms with Gasteiger partial charge >= 0.3 is 0 Å². The zero-order chi connectivity index (χ0) is 14.4. The first kappa shape index (κ1) is 17.4. The highest BCUT2D eigenvalue weighted by atomic mass is 31.2. The molecule has 0 aromatic rings. The molecule has 5 atom stereocenters. The molecule has 0 heterocycles. The second kappa shape index (κ2) is 8.56. The van der Waals surface area contributed by atoms with Crippen molar-refractivity contribution in [2.24, 2.45) is 17.8 Å². The highest BCUT2D eigenvalue weighted by Crippen LogP contribution is 2.41. The van der Waals surface area contributed by atoms with Crippen molar-refractivity contribution < 1.29 is 9.42 Å². The van der Waals surface area contributed by atoms with E-state index in [0.29, 0.717) is 17.9 Å². The molecule has 1 aliphatic carbocycles. The number of hydrogen-bond acceptors (Lipinski definition) is 3. The third kappa shape index (κ3) is 6.08. The smallest absolute Gasteiger partial charge is 0.253 e. The van der Waals surface area contributed by atoms with Crippen LogP contribution in [0.15, 0.2) is 0 Å². The Kier molecular flexibility index (Phi) is 7.83. The van der Waals surface area contributed by atoms with Gasteiger partial charge in [0.25, 0.3) is 8.53 Å². The summed E-state index contributed by atoms with van der Waals surface area (Å²) < 4.78 is 5.96. The van der Waals surface area contributed by atoms with Gasteiger partial charge in [-0.3, -0.25) is 0 Å². The maximum atomic E-state index is 10.1. The maximum Gasteiger partial charge on any atom is 0.253 e. The number of hydrogen-bond donors (Lipinski definition) is 2. The molecule has 1 rings (SSSR count). The van der Waals surface area contributed by atoms with E-state index in [2.05, 4.69) is 39.7 Å². The summed E-state index contributed by atoms with van der Waals surface area (Å²) in [6, 6.07) is 0.333. The Hall–Kier alpha value is 0.310. The van der Waals surface area contributed by atoms with Gasteiger partial charge in [-0.2, -0.15) is 0 Å². The van der Waals surface area contributed by atoms with Gasteiger partial charge in [-0.15, -0.1) is 0 Å². The SMILES string of the molecule is CCC[C@H](C)NP(O)O[C@@H]1C[C@H](C)CC[C@H]1C(C)C. The third-order valence-corrected chi connectivity index (χ3v) is 5.38. The summed E-state index contributed by atoms with van der Waals surface area (Å²) in [6.45, 7) is 11.1. The van der Waals surface area contributed by atoms with Gasteiger partial charge in [0.05, 0.1) is 6.10 Å². The molecule has 2 N–H and O–H groups in total. The van der Waals surface area contributed by atoms with Gasteiger partial charge in [0, 0.05) is 6.04 Å². The Morgan fingerprint density at radius 2 is 2.00 bits per heavy atom. The summed E-state index contributed by atoms with van der Waals surface area (Å²) in [5.74, 6) is 1.95. The Labute approximate surface area is 120 Å². The summed E-state index contributed by atoms with van der Waals surface area (Å²) in [5, 5.41) is 3.20. The molecule has 0 saturated heterocycles. The van der Waals surface area contributed by atoms with Crippen molar-refractivity contribution in [3.63, 3.8) is 0 Å². The Bertz CT molecular complexity index is 250. The molecular formula is C15H32NO2P. The van der Waals surface area contributed by atoms with E-state index in [9.17, 15) is 4.89 Å². The first-order valence-electron chi connectivity index (χ1n) is 7.85. The van der Waals surface area contributed by atoms with Crippen LogP contribution in [0.2, 0.25) is 0 Å². The van der Waals surface area contributed by atoms with Crippen molar-refractivity contribution >= 4 is 8.53 Å². The minimum absolute atomic E-state index is 0.223. The van der Waals surface area contributed by atoms with Crippen molar-refractivity contribution in [3.05, 3.63) is 0 Å². The largest absolute Gasteiger partial charge is 0.338 e. The standard InChI is InChI=1S/C15H32NO2P/c1-6-7-13(5)16-19(17)18-15-10-12(4)8-9-14(15)11(2)3/h11-17H,6-10H2,1-5H3/t12-,13+,14+,15-,19?/m1/s1. The van der Waals surface area contributed by atoms with E-state index >= 15 is 0 Å². The Balaban J connectivity index is 2.46. The third-order valence-electron chi connectivity index (χ3n) is 4.25. The van der Waals surface area contributed by atoms with Crippen molar-refractivity contribution in [2.45, 2.75) is 78.9 Å². The lowest BCUT2D eigenvalue weighted by atomic mass is 9.75. The zero-order valence-electron chi connectivity index (χ0n) is 13.2. The van der Waals surface area contributed by atoms with Crippen LogP contribution in [0.25, 0.3) is 0 Å². The van der Waals surface area contributed by atoms with Crippen LogP contribution in [0.5, 0.6) is 0 Å². The molecule has 1 aliphatic rings. The molecule has 0 bridgehead atoms.